The van der Waals surface area contributed by atoms with Crippen molar-refractivity contribution >= 4 is 11.4 Å². The Kier molecular flexibility index (Phi) is 4.58. The SMILES string of the molecule is CCc1nn2cc3c(nc2c1-c1ccccc1)CC(c1ccccc1OC)CC3=O. The van der Waals surface area contributed by atoms with Crippen LogP contribution in [0.4, 0.5) is 0 Å². The lowest BCUT2D eigenvalue weighted by Crippen LogP contribution is -2.21. The molecule has 150 valence electrons. The average molecular weight is 397 g/mol. The summed E-state index contributed by atoms with van der Waals surface area (Å²) in [6, 6.07) is 18.2. The van der Waals surface area contributed by atoms with E-state index in [1.165, 1.54) is 0 Å². The fourth-order valence-corrected chi connectivity index (χ4v) is 4.45. The van der Waals surface area contributed by atoms with Crippen molar-refractivity contribution < 1.29 is 9.53 Å². The number of fused-ring (bicyclic) bond motifs is 2. The third kappa shape index (κ3) is 2.98. The topological polar surface area (TPSA) is 56.5 Å². The molecule has 4 aromatic rings. The number of Topliss-reactive ketones (excluding diaryl/α,β-unsaturated/α-hetero) is 1. The molecule has 5 nitrogen and oxygen atoms in total. The van der Waals surface area contributed by atoms with Gasteiger partial charge in [-0.2, -0.15) is 5.10 Å². The van der Waals surface area contributed by atoms with Crippen molar-refractivity contribution in [2.24, 2.45) is 0 Å². The quantitative estimate of drug-likeness (QED) is 0.492. The molecule has 5 heteroatoms. The maximum Gasteiger partial charge on any atom is 0.166 e. The van der Waals surface area contributed by atoms with Crippen LogP contribution in [0.2, 0.25) is 0 Å². The minimum Gasteiger partial charge on any atom is -0.496 e. The fourth-order valence-electron chi connectivity index (χ4n) is 4.45. The number of hydrogen-bond donors (Lipinski definition) is 0. The van der Waals surface area contributed by atoms with Crippen molar-refractivity contribution in [1.29, 1.82) is 0 Å². The molecule has 2 heterocycles. The van der Waals surface area contributed by atoms with E-state index >= 15 is 0 Å². The monoisotopic (exact) mass is 397 g/mol. The zero-order valence-electron chi connectivity index (χ0n) is 17.1. The second kappa shape index (κ2) is 7.41. The van der Waals surface area contributed by atoms with Crippen LogP contribution in [-0.2, 0) is 12.8 Å². The van der Waals surface area contributed by atoms with Gasteiger partial charge in [0.25, 0.3) is 0 Å². The summed E-state index contributed by atoms with van der Waals surface area (Å²) in [5, 5.41) is 4.74. The van der Waals surface area contributed by atoms with Crippen molar-refractivity contribution in [3.63, 3.8) is 0 Å². The highest BCUT2D eigenvalue weighted by molar-refractivity contribution is 5.99. The van der Waals surface area contributed by atoms with Crippen molar-refractivity contribution in [2.45, 2.75) is 32.1 Å². The Morgan fingerprint density at radius 2 is 1.83 bits per heavy atom. The molecule has 1 atom stereocenters. The predicted octanol–water partition coefficient (Wildman–Crippen LogP) is 4.88. The molecular weight excluding hydrogens is 374 g/mol. The lowest BCUT2D eigenvalue weighted by molar-refractivity contribution is 0.0962. The summed E-state index contributed by atoms with van der Waals surface area (Å²) >= 11 is 0. The zero-order valence-corrected chi connectivity index (χ0v) is 17.1. The Labute approximate surface area is 175 Å². The van der Waals surface area contributed by atoms with Gasteiger partial charge in [0, 0.05) is 24.1 Å². The van der Waals surface area contributed by atoms with E-state index in [1.807, 2.05) is 48.7 Å². The number of methoxy groups -OCH3 is 1. The second-order valence-electron chi connectivity index (χ2n) is 7.68. The van der Waals surface area contributed by atoms with E-state index in [4.69, 9.17) is 14.8 Å². The van der Waals surface area contributed by atoms with Crippen LogP contribution in [0.15, 0.2) is 60.8 Å². The molecule has 1 aliphatic carbocycles. The van der Waals surface area contributed by atoms with E-state index in [2.05, 4.69) is 19.1 Å². The molecule has 0 bridgehead atoms. The van der Waals surface area contributed by atoms with Crippen molar-refractivity contribution in [3.8, 4) is 16.9 Å². The maximum absolute atomic E-state index is 13.0. The number of benzene rings is 2. The molecule has 0 radical (unpaired) electrons. The highest BCUT2D eigenvalue weighted by Gasteiger charge is 2.30. The Bertz CT molecular complexity index is 1240. The van der Waals surface area contributed by atoms with Gasteiger partial charge in [0.1, 0.15) is 5.75 Å². The molecule has 1 aliphatic rings. The summed E-state index contributed by atoms with van der Waals surface area (Å²) in [6.45, 7) is 2.09. The molecule has 0 amide bonds. The minimum atomic E-state index is 0.0600. The van der Waals surface area contributed by atoms with Gasteiger partial charge in [-0.1, -0.05) is 55.5 Å². The molecule has 30 heavy (non-hydrogen) atoms. The number of aryl methyl sites for hydroxylation is 1. The number of ether oxygens (including phenoxy) is 1. The smallest absolute Gasteiger partial charge is 0.166 e. The molecular formula is C25H23N3O2. The first-order chi connectivity index (χ1) is 14.7. The number of rotatable bonds is 4. The molecule has 0 fully saturated rings. The minimum absolute atomic E-state index is 0.0600. The van der Waals surface area contributed by atoms with E-state index < -0.39 is 0 Å². The van der Waals surface area contributed by atoms with Crippen molar-refractivity contribution in [2.75, 3.05) is 7.11 Å². The first-order valence-corrected chi connectivity index (χ1v) is 10.3. The lowest BCUT2D eigenvalue weighted by Gasteiger charge is -2.24. The van der Waals surface area contributed by atoms with E-state index in [9.17, 15) is 4.79 Å². The average Bonchev–Trinajstić information content (AvgIpc) is 3.16. The van der Waals surface area contributed by atoms with E-state index in [-0.39, 0.29) is 11.7 Å². The lowest BCUT2D eigenvalue weighted by atomic mass is 9.82. The molecule has 0 spiro atoms. The number of hydrogen-bond acceptors (Lipinski definition) is 4. The van der Waals surface area contributed by atoms with Crippen molar-refractivity contribution in [1.82, 2.24) is 14.6 Å². The van der Waals surface area contributed by atoms with Gasteiger partial charge in [-0.25, -0.2) is 9.50 Å². The Morgan fingerprint density at radius 1 is 1.07 bits per heavy atom. The number of nitrogens with zero attached hydrogens (tertiary/aromatic N) is 3. The third-order valence-corrected chi connectivity index (χ3v) is 5.91. The van der Waals surface area contributed by atoms with Gasteiger partial charge in [0.15, 0.2) is 11.4 Å². The summed E-state index contributed by atoms with van der Waals surface area (Å²) < 4.78 is 7.32. The summed E-state index contributed by atoms with van der Waals surface area (Å²) in [6.07, 6.45) is 3.83. The number of carbonyl (C=O) groups is 1. The standard InChI is InChI=1S/C25H23N3O2/c1-3-20-24(16-9-5-4-6-10-16)25-26-21-13-17(18-11-7-8-12-23(18)30-2)14-22(29)19(21)15-28(25)27-20/h4-12,15,17H,3,13-14H2,1-2H3. The highest BCUT2D eigenvalue weighted by Crippen LogP contribution is 2.37. The summed E-state index contributed by atoms with van der Waals surface area (Å²) in [5.41, 5.74) is 6.53. The van der Waals surface area contributed by atoms with Crippen LogP contribution in [0.1, 0.15) is 46.6 Å². The summed E-state index contributed by atoms with van der Waals surface area (Å²) in [5.74, 6) is 0.989. The largest absolute Gasteiger partial charge is 0.496 e. The van der Waals surface area contributed by atoms with Crippen molar-refractivity contribution in [3.05, 3.63) is 83.3 Å². The van der Waals surface area contributed by atoms with Crippen LogP contribution in [0.3, 0.4) is 0 Å². The number of ketones is 1. The predicted molar refractivity (Wildman–Crippen MR) is 116 cm³/mol. The number of para-hydroxylation sites is 1. The summed E-state index contributed by atoms with van der Waals surface area (Å²) in [7, 11) is 1.67. The fraction of sp³-hybridized carbons (Fsp3) is 0.240. The molecule has 0 N–H and O–H groups in total. The first-order valence-electron chi connectivity index (χ1n) is 10.3. The maximum atomic E-state index is 13.0. The molecule has 0 aliphatic heterocycles. The number of aromatic nitrogens is 3. The van der Waals surface area contributed by atoms with Crippen LogP contribution in [0.5, 0.6) is 5.75 Å². The molecule has 2 aromatic heterocycles. The van der Waals surface area contributed by atoms with Gasteiger partial charge in [0.05, 0.1) is 24.1 Å². The molecule has 5 rings (SSSR count). The van der Waals surface area contributed by atoms with Crippen LogP contribution >= 0.6 is 0 Å². The van der Waals surface area contributed by atoms with Crippen LogP contribution in [-0.4, -0.2) is 27.5 Å². The molecule has 0 saturated heterocycles. The Balaban J connectivity index is 1.65. The molecule has 2 aromatic carbocycles. The van der Waals surface area contributed by atoms with Gasteiger partial charge in [0.2, 0.25) is 0 Å². The molecule has 0 saturated carbocycles. The van der Waals surface area contributed by atoms with E-state index in [0.29, 0.717) is 18.4 Å². The van der Waals surface area contributed by atoms with Gasteiger partial charge in [-0.05, 0) is 30.0 Å². The Morgan fingerprint density at radius 3 is 2.60 bits per heavy atom. The van der Waals surface area contributed by atoms with Crippen LogP contribution < -0.4 is 4.74 Å². The second-order valence-corrected chi connectivity index (χ2v) is 7.68. The Hall–Kier alpha value is -3.47. The summed E-state index contributed by atoms with van der Waals surface area (Å²) in [4.78, 5) is 18.0. The van der Waals surface area contributed by atoms with Gasteiger partial charge < -0.3 is 4.74 Å². The van der Waals surface area contributed by atoms with Crippen LogP contribution in [0.25, 0.3) is 16.8 Å². The normalized spacial score (nSPS) is 15.9. The third-order valence-electron chi connectivity index (χ3n) is 5.91. The number of carbonyl (C=O) groups excluding carboxylic acids is 1. The van der Waals surface area contributed by atoms with Crippen LogP contribution in [0, 0.1) is 0 Å². The van der Waals surface area contributed by atoms with Gasteiger partial charge in [-0.15, -0.1) is 0 Å². The first kappa shape index (κ1) is 18.6. The van der Waals surface area contributed by atoms with E-state index in [0.717, 1.165) is 45.9 Å². The van der Waals surface area contributed by atoms with Gasteiger partial charge in [-0.3, -0.25) is 4.79 Å². The zero-order chi connectivity index (χ0) is 20.7. The van der Waals surface area contributed by atoms with E-state index in [1.54, 1.807) is 11.6 Å². The highest BCUT2D eigenvalue weighted by atomic mass is 16.5. The molecule has 1 unspecified atom stereocenters. The van der Waals surface area contributed by atoms with Gasteiger partial charge >= 0.3 is 0 Å².